The molecular weight excluding hydrogens is 346 g/mol. The molecule has 0 aliphatic carbocycles. The number of carbonyl (C=O) groups excluding carboxylic acids is 1. The van der Waals surface area contributed by atoms with E-state index < -0.39 is 0 Å². The zero-order valence-electron chi connectivity index (χ0n) is 15.6. The molecule has 0 aliphatic rings. The summed E-state index contributed by atoms with van der Waals surface area (Å²) in [5.74, 6) is -0.0857. The summed E-state index contributed by atoms with van der Waals surface area (Å²) < 4.78 is 0. The molecule has 4 aromatic rings. The monoisotopic (exact) mass is 367 g/mol. The third kappa shape index (κ3) is 3.86. The zero-order chi connectivity index (χ0) is 19.3. The molecule has 0 spiro atoms. The maximum Gasteiger partial charge on any atom is 0.251 e. The van der Waals surface area contributed by atoms with Gasteiger partial charge in [0.25, 0.3) is 5.91 Å². The summed E-state index contributed by atoms with van der Waals surface area (Å²) in [6.45, 7) is 1.98. The highest BCUT2D eigenvalue weighted by Gasteiger charge is 2.12. The Balaban J connectivity index is 1.47. The fourth-order valence-corrected chi connectivity index (χ4v) is 3.13. The normalized spacial score (nSPS) is 11.8. The predicted octanol–water partition coefficient (Wildman–Crippen LogP) is 5.23. The van der Waals surface area contributed by atoms with Crippen molar-refractivity contribution in [2.24, 2.45) is 0 Å². The van der Waals surface area contributed by atoms with Crippen LogP contribution in [0, 0.1) is 0 Å². The van der Waals surface area contributed by atoms with Crippen LogP contribution in [-0.2, 0) is 0 Å². The lowest BCUT2D eigenvalue weighted by molar-refractivity contribution is 0.0940. The maximum absolute atomic E-state index is 12.5. The third-order valence-electron chi connectivity index (χ3n) is 4.75. The molecule has 0 fully saturated rings. The molecule has 28 heavy (non-hydrogen) atoms. The van der Waals surface area contributed by atoms with Crippen molar-refractivity contribution in [2.75, 3.05) is 0 Å². The summed E-state index contributed by atoms with van der Waals surface area (Å²) in [4.78, 5) is 12.5. The highest BCUT2D eigenvalue weighted by Crippen LogP contribution is 2.24. The second-order valence-corrected chi connectivity index (χ2v) is 6.72. The quantitative estimate of drug-likeness (QED) is 0.507. The van der Waals surface area contributed by atoms with E-state index >= 15 is 0 Å². The number of hydrogen-bond donors (Lipinski definition) is 2. The molecule has 0 unspecified atom stereocenters. The topological polar surface area (TPSA) is 57.8 Å². The van der Waals surface area contributed by atoms with Gasteiger partial charge in [0, 0.05) is 11.1 Å². The molecule has 4 nitrogen and oxygen atoms in total. The minimum atomic E-state index is -0.0857. The molecule has 0 radical (unpaired) electrons. The van der Waals surface area contributed by atoms with Gasteiger partial charge in [-0.1, -0.05) is 72.8 Å². The molecule has 1 aromatic heterocycles. The summed E-state index contributed by atoms with van der Waals surface area (Å²) in [5.41, 5.74) is 5.59. The van der Waals surface area contributed by atoms with Gasteiger partial charge in [-0.25, -0.2) is 0 Å². The van der Waals surface area contributed by atoms with Gasteiger partial charge in [0.15, 0.2) is 0 Å². The Morgan fingerprint density at radius 1 is 0.857 bits per heavy atom. The number of hydrogen-bond acceptors (Lipinski definition) is 2. The van der Waals surface area contributed by atoms with Gasteiger partial charge in [-0.15, -0.1) is 0 Å². The standard InChI is InChI=1S/C24H21N3O/c1-17(18-8-4-2-5-9-18)25-24(28)21-14-12-20(13-15-21)23-16-22(26-27-23)19-10-6-3-7-11-19/h2-17H,1H3,(H,25,28)(H,26,27)/t17-/m1/s1. The second kappa shape index (κ2) is 7.92. The van der Waals surface area contributed by atoms with Crippen LogP contribution >= 0.6 is 0 Å². The van der Waals surface area contributed by atoms with E-state index in [1.54, 1.807) is 0 Å². The predicted molar refractivity (Wildman–Crippen MR) is 112 cm³/mol. The first-order valence-corrected chi connectivity index (χ1v) is 9.28. The van der Waals surface area contributed by atoms with Crippen LogP contribution in [0.15, 0.2) is 91.0 Å². The number of rotatable bonds is 5. The van der Waals surface area contributed by atoms with Crippen LogP contribution in [0.5, 0.6) is 0 Å². The molecule has 0 saturated heterocycles. The fraction of sp³-hybridized carbons (Fsp3) is 0.0833. The van der Waals surface area contributed by atoms with E-state index in [2.05, 4.69) is 15.5 Å². The van der Waals surface area contributed by atoms with Crippen molar-refractivity contribution in [1.29, 1.82) is 0 Å². The van der Waals surface area contributed by atoms with Crippen molar-refractivity contribution in [1.82, 2.24) is 15.5 Å². The molecule has 4 rings (SSSR count). The Bertz CT molecular complexity index is 1050. The molecule has 138 valence electrons. The Hall–Kier alpha value is -3.66. The van der Waals surface area contributed by atoms with E-state index in [0.717, 1.165) is 28.1 Å². The first-order valence-electron chi connectivity index (χ1n) is 9.28. The van der Waals surface area contributed by atoms with E-state index in [1.165, 1.54) is 0 Å². The smallest absolute Gasteiger partial charge is 0.251 e. The fourth-order valence-electron chi connectivity index (χ4n) is 3.13. The van der Waals surface area contributed by atoms with Crippen LogP contribution in [0.3, 0.4) is 0 Å². The van der Waals surface area contributed by atoms with Gasteiger partial charge in [-0.2, -0.15) is 5.10 Å². The van der Waals surface area contributed by atoms with Gasteiger partial charge in [-0.3, -0.25) is 9.89 Å². The van der Waals surface area contributed by atoms with Crippen molar-refractivity contribution in [3.05, 3.63) is 102 Å². The molecule has 3 aromatic carbocycles. The van der Waals surface area contributed by atoms with Crippen molar-refractivity contribution in [3.8, 4) is 22.5 Å². The van der Waals surface area contributed by atoms with Gasteiger partial charge in [0.2, 0.25) is 0 Å². The summed E-state index contributed by atoms with van der Waals surface area (Å²) in [5, 5.41) is 10.5. The molecule has 0 bridgehead atoms. The highest BCUT2D eigenvalue weighted by atomic mass is 16.1. The molecular formula is C24H21N3O. The number of aromatic nitrogens is 2. The number of aromatic amines is 1. The van der Waals surface area contributed by atoms with E-state index in [1.807, 2.05) is 97.9 Å². The van der Waals surface area contributed by atoms with Crippen LogP contribution < -0.4 is 5.32 Å². The van der Waals surface area contributed by atoms with Gasteiger partial charge >= 0.3 is 0 Å². The number of amides is 1. The molecule has 4 heteroatoms. The first kappa shape index (κ1) is 17.7. The van der Waals surface area contributed by atoms with E-state index in [9.17, 15) is 4.79 Å². The summed E-state index contributed by atoms with van der Waals surface area (Å²) in [7, 11) is 0. The number of H-pyrrole nitrogens is 1. The lowest BCUT2D eigenvalue weighted by Gasteiger charge is -2.14. The summed E-state index contributed by atoms with van der Waals surface area (Å²) in [6, 6.07) is 29.5. The second-order valence-electron chi connectivity index (χ2n) is 6.72. The Morgan fingerprint density at radius 3 is 2.18 bits per heavy atom. The number of carbonyl (C=O) groups is 1. The van der Waals surface area contributed by atoms with Crippen molar-refractivity contribution >= 4 is 5.91 Å². The van der Waals surface area contributed by atoms with E-state index in [0.29, 0.717) is 5.56 Å². The van der Waals surface area contributed by atoms with Crippen molar-refractivity contribution < 1.29 is 4.79 Å². The largest absolute Gasteiger partial charge is 0.346 e. The van der Waals surface area contributed by atoms with Crippen molar-refractivity contribution in [3.63, 3.8) is 0 Å². The summed E-state index contributed by atoms with van der Waals surface area (Å²) >= 11 is 0. The van der Waals surface area contributed by atoms with Crippen LogP contribution in [0.25, 0.3) is 22.5 Å². The van der Waals surface area contributed by atoms with E-state index in [4.69, 9.17) is 0 Å². The van der Waals surface area contributed by atoms with E-state index in [-0.39, 0.29) is 11.9 Å². The lowest BCUT2D eigenvalue weighted by atomic mass is 10.1. The van der Waals surface area contributed by atoms with Gasteiger partial charge in [-0.05, 0) is 36.2 Å². The molecule has 0 saturated carbocycles. The molecule has 1 amide bonds. The Kier molecular flexibility index (Phi) is 5.02. The van der Waals surface area contributed by atoms with Crippen LogP contribution in [0.1, 0.15) is 28.9 Å². The van der Waals surface area contributed by atoms with Crippen LogP contribution in [0.2, 0.25) is 0 Å². The number of benzene rings is 3. The number of nitrogens with zero attached hydrogens (tertiary/aromatic N) is 1. The van der Waals surface area contributed by atoms with Crippen LogP contribution in [-0.4, -0.2) is 16.1 Å². The minimum Gasteiger partial charge on any atom is -0.346 e. The lowest BCUT2D eigenvalue weighted by Crippen LogP contribution is -2.26. The Labute approximate surface area is 164 Å². The molecule has 0 aliphatic heterocycles. The third-order valence-corrected chi connectivity index (χ3v) is 4.75. The molecule has 1 atom stereocenters. The maximum atomic E-state index is 12.5. The SMILES string of the molecule is C[C@@H](NC(=O)c1ccc(-c2cc(-c3ccccc3)n[nH]2)cc1)c1ccccc1. The van der Waals surface area contributed by atoms with Gasteiger partial charge in [0.1, 0.15) is 0 Å². The minimum absolute atomic E-state index is 0.0468. The number of nitrogens with one attached hydrogen (secondary N) is 2. The van der Waals surface area contributed by atoms with Crippen molar-refractivity contribution in [2.45, 2.75) is 13.0 Å². The average molecular weight is 367 g/mol. The highest BCUT2D eigenvalue weighted by molar-refractivity contribution is 5.94. The summed E-state index contributed by atoms with van der Waals surface area (Å²) in [6.07, 6.45) is 0. The average Bonchev–Trinajstić information content (AvgIpc) is 3.25. The zero-order valence-corrected chi connectivity index (χ0v) is 15.6. The van der Waals surface area contributed by atoms with Gasteiger partial charge in [0.05, 0.1) is 17.4 Å². The first-order chi connectivity index (χ1) is 13.7. The van der Waals surface area contributed by atoms with Crippen LogP contribution in [0.4, 0.5) is 0 Å². The van der Waals surface area contributed by atoms with Gasteiger partial charge < -0.3 is 5.32 Å². The molecule has 2 N–H and O–H groups in total. The molecule has 1 heterocycles. The Morgan fingerprint density at radius 2 is 1.50 bits per heavy atom.